The predicted molar refractivity (Wildman–Crippen MR) is 134 cm³/mol. The van der Waals surface area contributed by atoms with Crippen LogP contribution in [0, 0.1) is 13.8 Å². The second kappa shape index (κ2) is 10.2. The van der Waals surface area contributed by atoms with E-state index >= 15 is 0 Å². The molecule has 0 atom stereocenters. The third kappa shape index (κ3) is 4.97. The Morgan fingerprint density at radius 2 is 0.938 bits per heavy atom. The molecule has 8 heteroatoms. The van der Waals surface area contributed by atoms with Crippen LogP contribution in [0.2, 0.25) is 0 Å². The summed E-state index contributed by atoms with van der Waals surface area (Å²) in [7, 11) is 3.48. The van der Waals surface area contributed by atoms with E-state index in [1.807, 2.05) is 50.6 Å². The normalized spacial score (nSPS) is 10.7. The van der Waals surface area contributed by atoms with Crippen LogP contribution in [-0.4, -0.2) is 42.3 Å². The molecule has 0 aliphatic rings. The van der Waals surface area contributed by atoms with Gasteiger partial charge in [-0.15, -0.1) is 23.5 Å². The molecule has 0 radical (unpaired) electrons. The molecule has 0 bridgehead atoms. The predicted octanol–water partition coefficient (Wildman–Crippen LogP) is 5.65. The molecule has 2 aromatic heterocycles. The van der Waals surface area contributed by atoms with E-state index in [0.29, 0.717) is 0 Å². The smallest absolute Gasteiger partial charge is 0.212 e. The summed E-state index contributed by atoms with van der Waals surface area (Å²) in [6, 6.07) is 16.4. The maximum absolute atomic E-state index is 9.69. The summed E-state index contributed by atoms with van der Waals surface area (Å²) in [4.78, 5) is 2.45. The Kier molecular flexibility index (Phi) is 7.58. The monoisotopic (exact) mass is 468 g/mol. The number of thioether (sulfide) groups is 2. The standard InChI is InChI=1S/2C12H14N2OS/c2*1-8-11(13-14(2)12(8)15)9-4-6-10(16-3)7-5-9/h2*4-7,15H,1-3H3. The first kappa shape index (κ1) is 23.8. The van der Waals surface area contributed by atoms with Crippen molar-refractivity contribution in [2.45, 2.75) is 23.6 Å². The van der Waals surface area contributed by atoms with E-state index in [0.717, 1.165) is 33.6 Å². The number of aromatic hydroxyl groups is 2. The Bertz CT molecular complexity index is 1100. The fourth-order valence-electron chi connectivity index (χ4n) is 3.29. The van der Waals surface area contributed by atoms with Gasteiger partial charge >= 0.3 is 0 Å². The Morgan fingerprint density at radius 1 is 0.625 bits per heavy atom. The number of hydrogen-bond donors (Lipinski definition) is 2. The molecule has 6 nitrogen and oxygen atoms in total. The summed E-state index contributed by atoms with van der Waals surface area (Å²) in [5, 5.41) is 28.0. The Labute approximate surface area is 197 Å². The van der Waals surface area contributed by atoms with Gasteiger partial charge in [-0.05, 0) is 50.6 Å². The molecule has 0 amide bonds. The van der Waals surface area contributed by atoms with Crippen LogP contribution in [0.5, 0.6) is 11.8 Å². The summed E-state index contributed by atoms with van der Waals surface area (Å²) in [5.74, 6) is 0.452. The minimum Gasteiger partial charge on any atom is -0.493 e. The van der Waals surface area contributed by atoms with Crippen LogP contribution in [-0.2, 0) is 14.1 Å². The van der Waals surface area contributed by atoms with Crippen molar-refractivity contribution < 1.29 is 10.2 Å². The van der Waals surface area contributed by atoms with E-state index in [9.17, 15) is 10.2 Å². The van der Waals surface area contributed by atoms with Crippen LogP contribution in [0.3, 0.4) is 0 Å². The van der Waals surface area contributed by atoms with Crippen LogP contribution >= 0.6 is 23.5 Å². The van der Waals surface area contributed by atoms with Gasteiger partial charge < -0.3 is 10.2 Å². The molecule has 4 aromatic rings. The van der Waals surface area contributed by atoms with Gasteiger partial charge in [0.25, 0.3) is 0 Å². The number of rotatable bonds is 4. The number of aromatic nitrogens is 4. The molecule has 0 aliphatic carbocycles. The number of benzene rings is 2. The van der Waals surface area contributed by atoms with Crippen molar-refractivity contribution >= 4 is 23.5 Å². The zero-order valence-electron chi connectivity index (χ0n) is 19.1. The van der Waals surface area contributed by atoms with E-state index in [2.05, 4.69) is 34.5 Å². The first-order chi connectivity index (χ1) is 15.3. The van der Waals surface area contributed by atoms with Crippen molar-refractivity contribution in [2.24, 2.45) is 14.1 Å². The molecule has 0 fully saturated rings. The molecular weight excluding hydrogens is 440 g/mol. The molecule has 0 saturated heterocycles. The Balaban J connectivity index is 0.000000181. The first-order valence-electron chi connectivity index (χ1n) is 10.0. The third-order valence-electron chi connectivity index (χ3n) is 5.22. The molecule has 2 aromatic carbocycles. The Morgan fingerprint density at radius 3 is 1.16 bits per heavy atom. The van der Waals surface area contributed by atoms with E-state index in [1.165, 1.54) is 19.2 Å². The lowest BCUT2D eigenvalue weighted by molar-refractivity contribution is 0.415. The van der Waals surface area contributed by atoms with Crippen molar-refractivity contribution in [3.8, 4) is 34.3 Å². The summed E-state index contributed by atoms with van der Waals surface area (Å²) >= 11 is 3.42. The van der Waals surface area contributed by atoms with E-state index in [1.54, 1.807) is 37.6 Å². The van der Waals surface area contributed by atoms with Crippen molar-refractivity contribution in [1.82, 2.24) is 19.6 Å². The van der Waals surface area contributed by atoms with Gasteiger partial charge in [-0.3, -0.25) is 0 Å². The molecular formula is C24H28N4O2S2. The fraction of sp³-hybridized carbons (Fsp3) is 0.250. The van der Waals surface area contributed by atoms with Gasteiger partial charge in [0, 0.05) is 46.1 Å². The van der Waals surface area contributed by atoms with Crippen molar-refractivity contribution in [3.05, 3.63) is 59.7 Å². The molecule has 32 heavy (non-hydrogen) atoms. The van der Waals surface area contributed by atoms with Gasteiger partial charge in [0.15, 0.2) is 0 Å². The van der Waals surface area contributed by atoms with E-state index in [4.69, 9.17) is 0 Å². The van der Waals surface area contributed by atoms with Crippen LogP contribution in [0.1, 0.15) is 11.1 Å². The average molecular weight is 469 g/mol. The molecule has 0 saturated carbocycles. The highest BCUT2D eigenvalue weighted by molar-refractivity contribution is 7.98. The molecule has 0 spiro atoms. The molecule has 0 aliphatic heterocycles. The van der Waals surface area contributed by atoms with Crippen LogP contribution < -0.4 is 0 Å². The minimum atomic E-state index is 0.226. The molecule has 2 heterocycles. The van der Waals surface area contributed by atoms with Crippen LogP contribution in [0.4, 0.5) is 0 Å². The fourth-order valence-corrected chi connectivity index (χ4v) is 4.10. The number of hydrogen-bond acceptors (Lipinski definition) is 6. The van der Waals surface area contributed by atoms with Crippen LogP contribution in [0.25, 0.3) is 22.5 Å². The molecule has 168 valence electrons. The summed E-state index contributed by atoms with van der Waals surface area (Å²) in [6.45, 7) is 3.75. The number of aryl methyl sites for hydroxylation is 2. The maximum Gasteiger partial charge on any atom is 0.212 e. The first-order valence-corrected chi connectivity index (χ1v) is 12.5. The Hall–Kier alpha value is -2.84. The van der Waals surface area contributed by atoms with Gasteiger partial charge in [-0.2, -0.15) is 10.2 Å². The zero-order valence-corrected chi connectivity index (χ0v) is 20.8. The van der Waals surface area contributed by atoms with Crippen molar-refractivity contribution in [1.29, 1.82) is 0 Å². The van der Waals surface area contributed by atoms with Crippen molar-refractivity contribution in [3.63, 3.8) is 0 Å². The zero-order chi connectivity index (χ0) is 23.4. The summed E-state index contributed by atoms with van der Waals surface area (Å²) < 4.78 is 2.99. The third-order valence-corrected chi connectivity index (χ3v) is 6.71. The SMILES string of the molecule is CSc1ccc(-c2nn(C)c(O)c2C)cc1.CSc1ccc(-c2nn(C)c(O)c2C)cc1. The van der Waals surface area contributed by atoms with Gasteiger partial charge in [-0.25, -0.2) is 9.36 Å². The lowest BCUT2D eigenvalue weighted by Gasteiger charge is -2.00. The van der Waals surface area contributed by atoms with Crippen molar-refractivity contribution in [2.75, 3.05) is 12.5 Å². The quantitative estimate of drug-likeness (QED) is 0.377. The maximum atomic E-state index is 9.69. The van der Waals surface area contributed by atoms with Gasteiger partial charge in [0.2, 0.25) is 11.8 Å². The van der Waals surface area contributed by atoms with Gasteiger partial charge in [-0.1, -0.05) is 24.3 Å². The lowest BCUT2D eigenvalue weighted by Crippen LogP contribution is -1.89. The average Bonchev–Trinajstić information content (AvgIpc) is 3.23. The summed E-state index contributed by atoms with van der Waals surface area (Å²) in [6.07, 6.45) is 4.10. The highest BCUT2D eigenvalue weighted by atomic mass is 32.2. The lowest BCUT2D eigenvalue weighted by atomic mass is 10.1. The van der Waals surface area contributed by atoms with Gasteiger partial charge in [0.1, 0.15) is 0 Å². The highest BCUT2D eigenvalue weighted by Crippen LogP contribution is 2.30. The highest BCUT2D eigenvalue weighted by Gasteiger charge is 2.13. The van der Waals surface area contributed by atoms with E-state index in [-0.39, 0.29) is 11.8 Å². The largest absolute Gasteiger partial charge is 0.493 e. The molecule has 4 rings (SSSR count). The van der Waals surface area contributed by atoms with Crippen LogP contribution in [0.15, 0.2) is 58.3 Å². The van der Waals surface area contributed by atoms with Gasteiger partial charge in [0.05, 0.1) is 11.4 Å². The number of nitrogens with zero attached hydrogens (tertiary/aromatic N) is 4. The molecule has 2 N–H and O–H groups in total. The summed E-state index contributed by atoms with van der Waals surface area (Å²) in [5.41, 5.74) is 5.39. The van der Waals surface area contributed by atoms with E-state index < -0.39 is 0 Å². The second-order valence-electron chi connectivity index (χ2n) is 7.30. The minimum absolute atomic E-state index is 0.226. The molecule has 0 unspecified atom stereocenters. The second-order valence-corrected chi connectivity index (χ2v) is 9.06. The topological polar surface area (TPSA) is 76.1 Å².